The molecule has 0 aliphatic rings. The standard InChI is InChI=1S/C30H29N5O5S3/c1-4-41-30-34-29(43-35-30)33-26(36)18-42-23-14-11-21(12-15-23)31-28(38)24(32-27(37)19-8-6-5-7-9-19)16-20-10-13-22(39-2)17-25(20)40-3/h5-17H,4,18H2,1-3H3,(H,31,38)(H,32,37)(H,33,34,35,36)/b24-16-. The highest BCUT2D eigenvalue weighted by Crippen LogP contribution is 2.27. The van der Waals surface area contributed by atoms with Crippen molar-refractivity contribution in [3.05, 3.63) is 89.6 Å². The van der Waals surface area contributed by atoms with Crippen molar-refractivity contribution in [2.24, 2.45) is 0 Å². The molecular formula is C30H29N5O5S3. The first kappa shape index (κ1) is 31.6. The average Bonchev–Trinajstić information content (AvgIpc) is 3.47. The maximum atomic E-state index is 13.4. The van der Waals surface area contributed by atoms with Gasteiger partial charge in [-0.1, -0.05) is 36.9 Å². The minimum atomic E-state index is -0.528. The van der Waals surface area contributed by atoms with Crippen molar-refractivity contribution in [2.75, 3.05) is 36.4 Å². The Balaban J connectivity index is 1.43. The molecule has 3 amide bonds. The molecule has 4 aromatic rings. The summed E-state index contributed by atoms with van der Waals surface area (Å²) in [7, 11) is 3.06. The lowest BCUT2D eigenvalue weighted by Crippen LogP contribution is -2.30. The van der Waals surface area contributed by atoms with Crippen molar-refractivity contribution in [2.45, 2.75) is 17.0 Å². The number of methoxy groups -OCH3 is 2. The van der Waals surface area contributed by atoms with Gasteiger partial charge in [-0.05, 0) is 60.4 Å². The molecule has 0 aliphatic heterocycles. The molecule has 0 fully saturated rings. The summed E-state index contributed by atoms with van der Waals surface area (Å²) in [4.78, 5) is 43.8. The maximum Gasteiger partial charge on any atom is 0.272 e. The molecule has 1 heterocycles. The van der Waals surface area contributed by atoms with Crippen molar-refractivity contribution in [3.8, 4) is 11.5 Å². The molecule has 3 N–H and O–H groups in total. The van der Waals surface area contributed by atoms with Crippen molar-refractivity contribution in [3.63, 3.8) is 0 Å². The van der Waals surface area contributed by atoms with E-state index in [1.54, 1.807) is 86.0 Å². The van der Waals surface area contributed by atoms with Crippen LogP contribution in [0.3, 0.4) is 0 Å². The zero-order chi connectivity index (χ0) is 30.6. The SMILES string of the molecule is CCSc1nsc(NC(=O)CSc2ccc(NC(=O)/C(=C/c3ccc(OC)cc3OC)NC(=O)c3ccccc3)cc2)n1. The molecule has 0 unspecified atom stereocenters. The molecule has 3 aromatic carbocycles. The number of anilines is 2. The Labute approximate surface area is 261 Å². The summed E-state index contributed by atoms with van der Waals surface area (Å²) in [6.07, 6.45) is 1.54. The summed E-state index contributed by atoms with van der Waals surface area (Å²) < 4.78 is 14.9. The number of hydrogen-bond donors (Lipinski definition) is 3. The highest BCUT2D eigenvalue weighted by Gasteiger charge is 2.17. The monoisotopic (exact) mass is 635 g/mol. The summed E-state index contributed by atoms with van der Waals surface area (Å²) in [5.41, 5.74) is 1.50. The maximum absolute atomic E-state index is 13.4. The Morgan fingerprint density at radius 3 is 2.40 bits per heavy atom. The largest absolute Gasteiger partial charge is 0.497 e. The minimum Gasteiger partial charge on any atom is -0.497 e. The van der Waals surface area contributed by atoms with Gasteiger partial charge in [0.1, 0.15) is 17.2 Å². The van der Waals surface area contributed by atoms with Gasteiger partial charge in [0, 0.05) is 39.3 Å². The van der Waals surface area contributed by atoms with Crippen molar-refractivity contribution in [1.29, 1.82) is 0 Å². The first-order chi connectivity index (χ1) is 20.9. The van der Waals surface area contributed by atoms with E-state index in [9.17, 15) is 14.4 Å². The molecule has 0 aliphatic carbocycles. The summed E-state index contributed by atoms with van der Waals surface area (Å²) in [5, 5.41) is 9.42. The third-order valence-electron chi connectivity index (χ3n) is 5.68. The fourth-order valence-electron chi connectivity index (χ4n) is 3.62. The van der Waals surface area contributed by atoms with Crippen molar-refractivity contribution < 1.29 is 23.9 Å². The number of hydrogen-bond acceptors (Lipinski definition) is 10. The van der Waals surface area contributed by atoms with E-state index in [4.69, 9.17) is 9.47 Å². The number of benzene rings is 3. The number of ether oxygens (including phenoxy) is 2. The lowest BCUT2D eigenvalue weighted by Gasteiger charge is -2.13. The molecular weight excluding hydrogens is 607 g/mol. The molecule has 0 atom stereocenters. The van der Waals surface area contributed by atoms with Gasteiger partial charge in [0.15, 0.2) is 0 Å². The van der Waals surface area contributed by atoms with Gasteiger partial charge < -0.3 is 20.1 Å². The van der Waals surface area contributed by atoms with Crippen LogP contribution in [0.15, 0.2) is 88.5 Å². The van der Waals surface area contributed by atoms with Gasteiger partial charge in [0.05, 0.1) is 20.0 Å². The molecule has 0 radical (unpaired) electrons. The van der Waals surface area contributed by atoms with E-state index in [1.165, 1.54) is 30.6 Å². The van der Waals surface area contributed by atoms with Crippen LogP contribution >= 0.6 is 35.1 Å². The fourth-order valence-corrected chi connectivity index (χ4v) is 5.61. The van der Waals surface area contributed by atoms with Crippen LogP contribution < -0.4 is 25.4 Å². The number of carbonyl (C=O) groups is 3. The highest BCUT2D eigenvalue weighted by molar-refractivity contribution is 8.00. The molecule has 0 bridgehead atoms. The van der Waals surface area contributed by atoms with Crippen LogP contribution in [0.25, 0.3) is 6.08 Å². The Morgan fingerprint density at radius 1 is 0.930 bits per heavy atom. The van der Waals surface area contributed by atoms with Crippen LogP contribution in [0, 0.1) is 0 Å². The van der Waals surface area contributed by atoms with Crippen molar-refractivity contribution >= 4 is 69.7 Å². The summed E-state index contributed by atoms with van der Waals surface area (Å²) >= 11 is 4.01. The van der Waals surface area contributed by atoms with Crippen molar-refractivity contribution in [1.82, 2.24) is 14.7 Å². The molecule has 43 heavy (non-hydrogen) atoms. The smallest absolute Gasteiger partial charge is 0.272 e. The third-order valence-corrected chi connectivity index (χ3v) is 8.17. The zero-order valence-electron chi connectivity index (χ0n) is 23.6. The summed E-state index contributed by atoms with van der Waals surface area (Å²) in [6.45, 7) is 2.01. The van der Waals surface area contributed by atoms with Crippen LogP contribution in [0.5, 0.6) is 11.5 Å². The minimum absolute atomic E-state index is 0.0182. The predicted octanol–water partition coefficient (Wildman–Crippen LogP) is 5.81. The molecule has 0 saturated carbocycles. The first-order valence-electron chi connectivity index (χ1n) is 13.0. The van der Waals surface area contributed by atoms with E-state index < -0.39 is 11.8 Å². The van der Waals surface area contributed by atoms with E-state index in [1.807, 2.05) is 6.92 Å². The number of carbonyl (C=O) groups excluding carboxylic acids is 3. The van der Waals surface area contributed by atoms with Gasteiger partial charge in [-0.25, -0.2) is 0 Å². The first-order valence-corrected chi connectivity index (χ1v) is 15.7. The number of amides is 3. The number of nitrogens with zero attached hydrogens (tertiary/aromatic N) is 2. The van der Waals surface area contributed by atoms with Crippen LogP contribution in [-0.4, -0.2) is 52.8 Å². The predicted molar refractivity (Wildman–Crippen MR) is 172 cm³/mol. The molecule has 222 valence electrons. The van der Waals surface area contributed by atoms with Gasteiger partial charge in [0.25, 0.3) is 11.8 Å². The third kappa shape index (κ3) is 9.33. The van der Waals surface area contributed by atoms with Gasteiger partial charge >= 0.3 is 0 Å². The highest BCUT2D eigenvalue weighted by atomic mass is 32.2. The molecule has 13 heteroatoms. The number of rotatable bonds is 13. The summed E-state index contributed by atoms with van der Waals surface area (Å²) in [5.74, 6) is 0.939. The molecule has 4 rings (SSSR count). The Hall–Kier alpha value is -4.33. The molecule has 10 nitrogen and oxygen atoms in total. The molecule has 0 spiro atoms. The Bertz CT molecular complexity index is 1590. The van der Waals surface area contributed by atoms with Crippen LogP contribution in [0.4, 0.5) is 10.8 Å². The van der Waals surface area contributed by atoms with E-state index >= 15 is 0 Å². The Morgan fingerprint density at radius 2 is 1.70 bits per heavy atom. The van der Waals surface area contributed by atoms with E-state index in [2.05, 4.69) is 25.3 Å². The topological polar surface area (TPSA) is 132 Å². The number of aromatic nitrogens is 2. The molecule has 0 saturated heterocycles. The van der Waals surface area contributed by atoms with Crippen LogP contribution in [0.1, 0.15) is 22.8 Å². The average molecular weight is 636 g/mol. The van der Waals surface area contributed by atoms with Gasteiger partial charge in [-0.2, -0.15) is 9.36 Å². The second kappa shape index (κ2) is 15.8. The molecule has 1 aromatic heterocycles. The van der Waals surface area contributed by atoms with Gasteiger partial charge in [0.2, 0.25) is 16.2 Å². The van der Waals surface area contributed by atoms with Gasteiger partial charge in [-0.15, -0.1) is 11.8 Å². The lowest BCUT2D eigenvalue weighted by molar-refractivity contribution is -0.114. The van der Waals surface area contributed by atoms with E-state index in [-0.39, 0.29) is 17.4 Å². The fraction of sp³-hybridized carbons (Fsp3) is 0.167. The number of nitrogens with one attached hydrogen (secondary N) is 3. The number of thioether (sulfide) groups is 2. The summed E-state index contributed by atoms with van der Waals surface area (Å²) in [6, 6.07) is 20.8. The van der Waals surface area contributed by atoms with Gasteiger partial charge in [-0.3, -0.25) is 19.7 Å². The van der Waals surface area contributed by atoms with Crippen LogP contribution in [-0.2, 0) is 9.59 Å². The second-order valence-corrected chi connectivity index (χ2v) is 11.6. The van der Waals surface area contributed by atoms with E-state index in [0.717, 1.165) is 22.2 Å². The normalized spacial score (nSPS) is 11.0. The van der Waals surface area contributed by atoms with Crippen LogP contribution in [0.2, 0.25) is 0 Å². The Kier molecular flexibility index (Phi) is 11.6. The zero-order valence-corrected chi connectivity index (χ0v) is 26.0. The van der Waals surface area contributed by atoms with E-state index in [0.29, 0.717) is 38.6 Å². The quantitative estimate of drug-likeness (QED) is 0.123. The lowest BCUT2D eigenvalue weighted by atomic mass is 10.1. The second-order valence-electron chi connectivity index (χ2n) is 8.62.